The average molecular weight is 330 g/mol. The molecule has 0 heterocycles. The topological polar surface area (TPSA) is 66.5 Å². The second-order valence-electron chi connectivity index (χ2n) is 7.30. The van der Waals surface area contributed by atoms with Crippen LogP contribution >= 0.6 is 0 Å². The molecule has 0 spiro atoms. The molecule has 4 N–H and O–H groups in total. The average Bonchev–Trinajstić information content (AvgIpc) is 2.52. The zero-order valence-electron chi connectivity index (χ0n) is 15.7. The van der Waals surface area contributed by atoms with E-state index in [0.29, 0.717) is 12.8 Å². The molecule has 23 heavy (non-hydrogen) atoms. The highest BCUT2D eigenvalue weighted by atomic mass is 16.3. The summed E-state index contributed by atoms with van der Waals surface area (Å²) in [6, 6.07) is 0. The van der Waals surface area contributed by atoms with Gasteiger partial charge in [0.05, 0.1) is 0 Å². The zero-order valence-corrected chi connectivity index (χ0v) is 15.7. The van der Waals surface area contributed by atoms with E-state index < -0.39 is 0 Å². The minimum absolute atomic E-state index is 0.120. The molecular weight excluding hydrogens is 286 g/mol. The molecule has 0 radical (unpaired) electrons. The normalized spacial score (nSPS) is 12.0. The Labute approximate surface area is 145 Å². The van der Waals surface area contributed by atoms with Gasteiger partial charge in [-0.3, -0.25) is 0 Å². The lowest BCUT2D eigenvalue weighted by atomic mass is 9.87. The molecule has 0 aliphatic carbocycles. The van der Waals surface area contributed by atoms with Crippen LogP contribution in [0.5, 0.6) is 0 Å². The van der Waals surface area contributed by atoms with E-state index in [1.807, 2.05) is 0 Å². The molecule has 140 valence electrons. The maximum atomic E-state index is 9.07. The number of aliphatic hydroxyl groups is 2. The van der Waals surface area contributed by atoms with Crippen molar-refractivity contribution in [2.24, 2.45) is 5.73 Å². The van der Waals surface area contributed by atoms with Crippen molar-refractivity contribution >= 4 is 0 Å². The van der Waals surface area contributed by atoms with Crippen molar-refractivity contribution in [1.29, 1.82) is 0 Å². The fourth-order valence-electron chi connectivity index (χ4n) is 3.32. The highest BCUT2D eigenvalue weighted by molar-refractivity contribution is 4.83. The first-order valence-electron chi connectivity index (χ1n) is 10.2. The monoisotopic (exact) mass is 329 g/mol. The van der Waals surface area contributed by atoms with E-state index in [4.69, 9.17) is 15.9 Å². The first-order chi connectivity index (χ1) is 11.2. The lowest BCUT2D eigenvalue weighted by molar-refractivity contribution is 0.183. The van der Waals surface area contributed by atoms with Crippen LogP contribution in [-0.4, -0.2) is 29.0 Å². The molecule has 0 saturated heterocycles. The molecule has 0 aromatic heterocycles. The van der Waals surface area contributed by atoms with Gasteiger partial charge in [0.2, 0.25) is 0 Å². The molecule has 0 bridgehead atoms. The van der Waals surface area contributed by atoms with Gasteiger partial charge in [0.1, 0.15) is 0 Å². The molecule has 0 aliphatic rings. The van der Waals surface area contributed by atoms with Crippen LogP contribution < -0.4 is 5.73 Å². The van der Waals surface area contributed by atoms with Gasteiger partial charge in [0, 0.05) is 18.8 Å². The van der Waals surface area contributed by atoms with Gasteiger partial charge in [-0.1, -0.05) is 90.4 Å². The minimum atomic E-state index is -0.360. The number of hydrogen-bond acceptors (Lipinski definition) is 3. The molecule has 0 rings (SSSR count). The van der Waals surface area contributed by atoms with Crippen LogP contribution in [0.25, 0.3) is 0 Å². The molecular formula is C20H43NO2. The first kappa shape index (κ1) is 22.9. The van der Waals surface area contributed by atoms with E-state index in [1.165, 1.54) is 77.0 Å². The molecule has 3 heteroatoms. The van der Waals surface area contributed by atoms with Gasteiger partial charge in [0.15, 0.2) is 0 Å². The maximum absolute atomic E-state index is 9.07. The highest BCUT2D eigenvalue weighted by Crippen LogP contribution is 2.21. The smallest absolute Gasteiger partial charge is 0.0448 e. The van der Waals surface area contributed by atoms with Crippen LogP contribution in [0.4, 0.5) is 0 Å². The van der Waals surface area contributed by atoms with Gasteiger partial charge in [-0.2, -0.15) is 0 Å². The van der Waals surface area contributed by atoms with E-state index in [0.717, 1.165) is 12.8 Å². The maximum Gasteiger partial charge on any atom is 0.0448 e. The Balaban J connectivity index is 3.32. The summed E-state index contributed by atoms with van der Waals surface area (Å²) in [6.07, 6.45) is 19.7. The number of nitrogens with two attached hydrogens (primary N) is 1. The Bertz CT molecular complexity index is 228. The van der Waals surface area contributed by atoms with E-state index in [2.05, 4.69) is 6.92 Å². The van der Waals surface area contributed by atoms with Crippen molar-refractivity contribution in [3.63, 3.8) is 0 Å². The summed E-state index contributed by atoms with van der Waals surface area (Å²) in [7, 11) is 0. The zero-order chi connectivity index (χ0) is 17.2. The Morgan fingerprint density at radius 2 is 0.913 bits per heavy atom. The number of hydrogen-bond donors (Lipinski definition) is 3. The van der Waals surface area contributed by atoms with Crippen molar-refractivity contribution in [3.05, 3.63) is 0 Å². The summed E-state index contributed by atoms with van der Waals surface area (Å²) in [5.74, 6) is 0. The molecule has 0 atom stereocenters. The van der Waals surface area contributed by atoms with Crippen molar-refractivity contribution in [2.45, 2.75) is 115 Å². The lowest BCUT2D eigenvalue weighted by Crippen LogP contribution is -2.41. The van der Waals surface area contributed by atoms with Crippen molar-refractivity contribution in [1.82, 2.24) is 0 Å². The summed E-state index contributed by atoms with van der Waals surface area (Å²) in [5, 5.41) is 18.1. The summed E-state index contributed by atoms with van der Waals surface area (Å²) in [5.41, 5.74) is 5.88. The van der Waals surface area contributed by atoms with Gasteiger partial charge in [0.25, 0.3) is 0 Å². The van der Waals surface area contributed by atoms with Gasteiger partial charge in [-0.25, -0.2) is 0 Å². The third-order valence-corrected chi connectivity index (χ3v) is 5.00. The Morgan fingerprint density at radius 1 is 0.565 bits per heavy atom. The van der Waals surface area contributed by atoms with Crippen LogP contribution in [0.2, 0.25) is 0 Å². The van der Waals surface area contributed by atoms with Gasteiger partial charge < -0.3 is 15.9 Å². The van der Waals surface area contributed by atoms with E-state index in [1.54, 1.807) is 0 Å². The van der Waals surface area contributed by atoms with E-state index in [9.17, 15) is 0 Å². The van der Waals surface area contributed by atoms with Crippen molar-refractivity contribution < 1.29 is 10.2 Å². The fourth-order valence-corrected chi connectivity index (χ4v) is 3.32. The Hall–Kier alpha value is -0.120. The lowest BCUT2D eigenvalue weighted by Gasteiger charge is -2.28. The molecule has 0 unspecified atom stereocenters. The SMILES string of the molecule is CCCCCCCCCCCCCCCC(N)(CCO)CCO. The number of rotatable bonds is 18. The van der Waals surface area contributed by atoms with Crippen LogP contribution in [-0.2, 0) is 0 Å². The number of unbranched alkanes of at least 4 members (excludes halogenated alkanes) is 12. The molecule has 0 aromatic rings. The van der Waals surface area contributed by atoms with Crippen LogP contribution in [0.1, 0.15) is 110 Å². The summed E-state index contributed by atoms with van der Waals surface area (Å²) in [6.45, 7) is 2.51. The predicted octanol–water partition coefficient (Wildman–Crippen LogP) is 4.93. The third-order valence-electron chi connectivity index (χ3n) is 5.00. The van der Waals surface area contributed by atoms with Gasteiger partial charge in [-0.15, -0.1) is 0 Å². The summed E-state index contributed by atoms with van der Waals surface area (Å²) in [4.78, 5) is 0. The molecule has 3 nitrogen and oxygen atoms in total. The largest absolute Gasteiger partial charge is 0.396 e. The second-order valence-corrected chi connectivity index (χ2v) is 7.30. The van der Waals surface area contributed by atoms with E-state index in [-0.39, 0.29) is 18.8 Å². The van der Waals surface area contributed by atoms with Crippen LogP contribution in [0.3, 0.4) is 0 Å². The quantitative estimate of drug-likeness (QED) is 0.312. The summed E-state index contributed by atoms with van der Waals surface area (Å²) >= 11 is 0. The molecule has 0 amide bonds. The van der Waals surface area contributed by atoms with Gasteiger partial charge >= 0.3 is 0 Å². The van der Waals surface area contributed by atoms with Crippen molar-refractivity contribution in [2.75, 3.05) is 13.2 Å². The molecule has 0 aromatic carbocycles. The molecule has 0 fully saturated rings. The first-order valence-corrected chi connectivity index (χ1v) is 10.2. The Kier molecular flexibility index (Phi) is 16.6. The van der Waals surface area contributed by atoms with Crippen LogP contribution in [0.15, 0.2) is 0 Å². The molecule has 0 saturated carbocycles. The van der Waals surface area contributed by atoms with Crippen LogP contribution in [0, 0.1) is 0 Å². The standard InChI is InChI=1S/C20H43NO2/c1-2-3-4-5-6-7-8-9-10-11-12-13-14-15-20(21,16-18-22)17-19-23/h22-23H,2-19,21H2,1H3. The minimum Gasteiger partial charge on any atom is -0.396 e. The third kappa shape index (κ3) is 15.2. The number of aliphatic hydroxyl groups excluding tert-OH is 2. The fraction of sp³-hybridized carbons (Fsp3) is 1.00. The highest BCUT2D eigenvalue weighted by Gasteiger charge is 2.22. The second kappa shape index (κ2) is 16.7. The molecule has 0 aliphatic heterocycles. The van der Waals surface area contributed by atoms with Crippen molar-refractivity contribution in [3.8, 4) is 0 Å². The summed E-state index contributed by atoms with van der Waals surface area (Å²) < 4.78 is 0. The van der Waals surface area contributed by atoms with E-state index >= 15 is 0 Å². The van der Waals surface area contributed by atoms with Gasteiger partial charge in [-0.05, 0) is 19.3 Å². The predicted molar refractivity (Wildman–Crippen MR) is 101 cm³/mol. The Morgan fingerprint density at radius 3 is 1.26 bits per heavy atom.